The molecule has 0 heterocycles. The van der Waals surface area contributed by atoms with Crippen LogP contribution in [0, 0.1) is 6.92 Å². The Labute approximate surface area is 86.9 Å². The maximum Gasteiger partial charge on any atom is 0.0650 e. The molecule has 3 heteroatoms. The molecule has 1 aromatic rings. The van der Waals surface area contributed by atoms with Gasteiger partial charge in [0.15, 0.2) is 0 Å². The van der Waals surface area contributed by atoms with Crippen molar-refractivity contribution in [3.8, 4) is 0 Å². The Balaban J connectivity index is 3.10. The largest absolute Gasteiger partial charge is 0.394 e. The van der Waals surface area contributed by atoms with Crippen molar-refractivity contribution in [1.82, 2.24) is 0 Å². The van der Waals surface area contributed by atoms with Crippen molar-refractivity contribution < 1.29 is 5.11 Å². The number of aliphatic hydroxyl groups excluding tert-OH is 1. The number of benzene rings is 1. The summed E-state index contributed by atoms with van der Waals surface area (Å²) in [4.78, 5) is 0. The van der Waals surface area contributed by atoms with Gasteiger partial charge in [-0.05, 0) is 31.0 Å². The third kappa shape index (κ3) is 2.30. The second kappa shape index (κ2) is 3.78. The molecule has 2 nitrogen and oxygen atoms in total. The Morgan fingerprint density at radius 3 is 2.62 bits per heavy atom. The maximum absolute atomic E-state index is 9.07. The number of halogens is 1. The highest BCUT2D eigenvalue weighted by Gasteiger charge is 2.19. The van der Waals surface area contributed by atoms with Gasteiger partial charge in [0.1, 0.15) is 0 Å². The molecular weight excluding hydrogens is 230 g/mol. The smallest absolute Gasteiger partial charge is 0.0650 e. The van der Waals surface area contributed by atoms with Gasteiger partial charge in [-0.2, -0.15) is 0 Å². The van der Waals surface area contributed by atoms with Crippen LogP contribution in [0.25, 0.3) is 0 Å². The van der Waals surface area contributed by atoms with Crippen LogP contribution in [0.5, 0.6) is 0 Å². The van der Waals surface area contributed by atoms with E-state index in [4.69, 9.17) is 10.8 Å². The normalized spacial score (nSPS) is 15.5. The number of hydrogen-bond acceptors (Lipinski definition) is 2. The van der Waals surface area contributed by atoms with Crippen LogP contribution in [0.3, 0.4) is 0 Å². The van der Waals surface area contributed by atoms with E-state index in [2.05, 4.69) is 15.9 Å². The quantitative estimate of drug-likeness (QED) is 0.834. The minimum absolute atomic E-state index is 0.0531. The van der Waals surface area contributed by atoms with Gasteiger partial charge in [-0.15, -0.1) is 0 Å². The van der Waals surface area contributed by atoms with E-state index < -0.39 is 5.54 Å². The van der Waals surface area contributed by atoms with E-state index in [1.54, 1.807) is 0 Å². The SMILES string of the molecule is Cc1ccc(C(C)(N)CO)cc1Br. The van der Waals surface area contributed by atoms with Crippen LogP contribution in [-0.4, -0.2) is 11.7 Å². The van der Waals surface area contributed by atoms with Gasteiger partial charge in [0.05, 0.1) is 12.1 Å². The Morgan fingerprint density at radius 1 is 1.54 bits per heavy atom. The lowest BCUT2D eigenvalue weighted by Gasteiger charge is -2.22. The third-order valence-electron chi connectivity index (χ3n) is 2.16. The van der Waals surface area contributed by atoms with Gasteiger partial charge in [-0.1, -0.05) is 28.1 Å². The van der Waals surface area contributed by atoms with Crippen molar-refractivity contribution in [3.63, 3.8) is 0 Å². The first-order chi connectivity index (χ1) is 5.97. The fourth-order valence-electron chi connectivity index (χ4n) is 1.04. The molecule has 0 amide bonds. The molecule has 1 atom stereocenters. The average molecular weight is 244 g/mol. The summed E-state index contributed by atoms with van der Waals surface area (Å²) in [6, 6.07) is 5.88. The second-order valence-corrected chi connectivity index (χ2v) is 4.39. The Morgan fingerprint density at radius 2 is 2.15 bits per heavy atom. The van der Waals surface area contributed by atoms with Crippen molar-refractivity contribution >= 4 is 15.9 Å². The van der Waals surface area contributed by atoms with Crippen LogP contribution in [0.1, 0.15) is 18.1 Å². The average Bonchev–Trinajstić information content (AvgIpc) is 2.09. The molecule has 13 heavy (non-hydrogen) atoms. The fraction of sp³-hybridized carbons (Fsp3) is 0.400. The van der Waals surface area contributed by atoms with E-state index in [1.165, 1.54) is 0 Å². The molecule has 0 aliphatic carbocycles. The summed E-state index contributed by atoms with van der Waals surface area (Å²) in [5, 5.41) is 9.07. The molecule has 0 aliphatic heterocycles. The molecule has 0 saturated carbocycles. The summed E-state index contributed by atoms with van der Waals surface area (Å²) < 4.78 is 1.02. The summed E-state index contributed by atoms with van der Waals surface area (Å²) in [7, 11) is 0. The summed E-state index contributed by atoms with van der Waals surface area (Å²) in [6.07, 6.45) is 0. The van der Waals surface area contributed by atoms with Gasteiger partial charge >= 0.3 is 0 Å². The van der Waals surface area contributed by atoms with Gasteiger partial charge < -0.3 is 10.8 Å². The van der Waals surface area contributed by atoms with E-state index in [0.717, 1.165) is 15.6 Å². The standard InChI is InChI=1S/C10H14BrNO/c1-7-3-4-8(5-9(7)11)10(2,12)6-13/h3-5,13H,6,12H2,1-2H3. The highest BCUT2D eigenvalue weighted by molar-refractivity contribution is 9.10. The number of nitrogens with two attached hydrogens (primary N) is 1. The molecule has 0 aliphatic rings. The van der Waals surface area contributed by atoms with Gasteiger partial charge in [0.25, 0.3) is 0 Å². The number of rotatable bonds is 2. The second-order valence-electron chi connectivity index (χ2n) is 3.54. The van der Waals surface area contributed by atoms with E-state index >= 15 is 0 Å². The number of aryl methyl sites for hydroxylation is 1. The highest BCUT2D eigenvalue weighted by atomic mass is 79.9. The summed E-state index contributed by atoms with van der Waals surface area (Å²) in [5.74, 6) is 0. The molecule has 0 spiro atoms. The van der Waals surface area contributed by atoms with E-state index in [9.17, 15) is 0 Å². The van der Waals surface area contributed by atoms with E-state index in [1.807, 2.05) is 32.0 Å². The monoisotopic (exact) mass is 243 g/mol. The van der Waals surface area contributed by atoms with Crippen molar-refractivity contribution in [1.29, 1.82) is 0 Å². The van der Waals surface area contributed by atoms with E-state index in [-0.39, 0.29) is 6.61 Å². The van der Waals surface area contributed by atoms with Crippen LogP contribution in [0.2, 0.25) is 0 Å². The van der Waals surface area contributed by atoms with Gasteiger partial charge in [0, 0.05) is 4.47 Å². The molecule has 0 saturated heterocycles. The van der Waals surface area contributed by atoms with Crippen molar-refractivity contribution in [3.05, 3.63) is 33.8 Å². The lowest BCUT2D eigenvalue weighted by Crippen LogP contribution is -2.36. The molecule has 72 valence electrons. The fourth-order valence-corrected chi connectivity index (χ4v) is 1.42. The first-order valence-corrected chi connectivity index (χ1v) is 4.93. The zero-order chi connectivity index (χ0) is 10.1. The van der Waals surface area contributed by atoms with Crippen molar-refractivity contribution in [2.24, 2.45) is 5.73 Å². The molecule has 1 unspecified atom stereocenters. The molecule has 0 radical (unpaired) electrons. The third-order valence-corrected chi connectivity index (χ3v) is 3.01. The molecule has 0 aromatic heterocycles. The Hall–Kier alpha value is -0.380. The van der Waals surface area contributed by atoms with Gasteiger partial charge in [0.2, 0.25) is 0 Å². The molecule has 0 fully saturated rings. The molecule has 1 aromatic carbocycles. The predicted octanol–water partition coefficient (Wildman–Crippen LogP) is 1.92. The zero-order valence-electron chi connectivity index (χ0n) is 7.84. The van der Waals surface area contributed by atoms with Crippen molar-refractivity contribution in [2.75, 3.05) is 6.61 Å². The minimum atomic E-state index is -0.657. The first kappa shape index (κ1) is 10.7. The Bertz CT molecular complexity index is 310. The highest BCUT2D eigenvalue weighted by Crippen LogP contribution is 2.23. The lowest BCUT2D eigenvalue weighted by molar-refractivity contribution is 0.210. The molecule has 1 rings (SSSR count). The van der Waals surface area contributed by atoms with Gasteiger partial charge in [-0.3, -0.25) is 0 Å². The maximum atomic E-state index is 9.07. The first-order valence-electron chi connectivity index (χ1n) is 4.14. The summed E-state index contributed by atoms with van der Waals surface area (Å²) in [6.45, 7) is 3.77. The number of aliphatic hydroxyl groups is 1. The molecule has 0 bridgehead atoms. The van der Waals surface area contributed by atoms with Crippen molar-refractivity contribution in [2.45, 2.75) is 19.4 Å². The topological polar surface area (TPSA) is 46.2 Å². The van der Waals surface area contributed by atoms with Crippen LogP contribution in [0.15, 0.2) is 22.7 Å². The lowest BCUT2D eigenvalue weighted by atomic mass is 9.94. The molecule has 3 N–H and O–H groups in total. The van der Waals surface area contributed by atoms with Crippen LogP contribution in [0.4, 0.5) is 0 Å². The van der Waals surface area contributed by atoms with E-state index in [0.29, 0.717) is 0 Å². The number of hydrogen-bond donors (Lipinski definition) is 2. The predicted molar refractivity (Wildman–Crippen MR) is 57.5 cm³/mol. The zero-order valence-corrected chi connectivity index (χ0v) is 9.43. The van der Waals surface area contributed by atoms with Gasteiger partial charge in [-0.25, -0.2) is 0 Å². The van der Waals surface area contributed by atoms with Crippen LogP contribution < -0.4 is 5.73 Å². The molecular formula is C10H14BrNO. The minimum Gasteiger partial charge on any atom is -0.394 e. The van der Waals surface area contributed by atoms with Crippen LogP contribution in [-0.2, 0) is 5.54 Å². The summed E-state index contributed by atoms with van der Waals surface area (Å²) in [5.41, 5.74) is 7.33. The Kier molecular flexibility index (Phi) is 3.11. The summed E-state index contributed by atoms with van der Waals surface area (Å²) >= 11 is 3.43. The van der Waals surface area contributed by atoms with Crippen LogP contribution >= 0.6 is 15.9 Å².